The average Bonchev–Trinajstić information content (AvgIpc) is 2.40. The summed E-state index contributed by atoms with van der Waals surface area (Å²) in [5.41, 5.74) is -0.426. The van der Waals surface area contributed by atoms with E-state index >= 15 is 0 Å². The molecule has 0 aliphatic carbocycles. The van der Waals surface area contributed by atoms with Crippen molar-refractivity contribution in [1.29, 1.82) is 0 Å². The third kappa shape index (κ3) is 5.00. The summed E-state index contributed by atoms with van der Waals surface area (Å²) in [6.07, 6.45) is -2.24. The number of hydrogen-bond donors (Lipinski definition) is 2. The molecule has 2 rings (SSSR count). The van der Waals surface area contributed by atoms with E-state index in [-0.39, 0.29) is 16.5 Å². The zero-order chi connectivity index (χ0) is 17.3. The van der Waals surface area contributed by atoms with Gasteiger partial charge >= 0.3 is 6.18 Å². The Hall–Kier alpha value is -2.00. The molecule has 5 nitrogen and oxygen atoms in total. The number of nitrogens with one attached hydrogen (secondary N) is 2. The summed E-state index contributed by atoms with van der Waals surface area (Å²) >= 11 is 5.87. The van der Waals surface area contributed by atoms with Crippen molar-refractivity contribution in [2.24, 2.45) is 0 Å². The Bertz CT molecular complexity index is 808. The van der Waals surface area contributed by atoms with Crippen LogP contribution in [0.15, 0.2) is 36.5 Å². The maximum absolute atomic E-state index is 12.7. The SMILES string of the molecule is CS(=O)(=O)Nc1ccc(Nc2cc(C(F)(F)F)ccc2Cl)cn1. The number of halogens is 4. The van der Waals surface area contributed by atoms with Crippen molar-refractivity contribution in [2.45, 2.75) is 6.18 Å². The highest BCUT2D eigenvalue weighted by atomic mass is 35.5. The standard InChI is InChI=1S/C13H11ClF3N3O2S/c1-23(21,22)20-12-5-3-9(7-18-12)19-11-6-8(13(15,16)17)2-4-10(11)14/h2-7,19H,1H3,(H,18,20). The van der Waals surface area contributed by atoms with Crippen LogP contribution in [-0.2, 0) is 16.2 Å². The molecule has 2 N–H and O–H groups in total. The van der Waals surface area contributed by atoms with Gasteiger partial charge in [0.1, 0.15) is 5.82 Å². The Balaban J connectivity index is 2.22. The quantitative estimate of drug-likeness (QED) is 0.862. The third-order valence-corrected chi connectivity index (χ3v) is 3.54. The van der Waals surface area contributed by atoms with Crippen LogP contribution < -0.4 is 10.0 Å². The monoisotopic (exact) mass is 365 g/mol. The summed E-state index contributed by atoms with van der Waals surface area (Å²) in [6, 6.07) is 5.72. The Kier molecular flexibility index (Phi) is 4.71. The van der Waals surface area contributed by atoms with Crippen LogP contribution in [0.4, 0.5) is 30.4 Å². The highest BCUT2D eigenvalue weighted by Gasteiger charge is 2.30. The fourth-order valence-corrected chi connectivity index (χ4v) is 2.34. The van der Waals surface area contributed by atoms with E-state index in [0.717, 1.165) is 24.5 Å². The van der Waals surface area contributed by atoms with Gasteiger partial charge in [-0.15, -0.1) is 0 Å². The first kappa shape index (κ1) is 17.4. The lowest BCUT2D eigenvalue weighted by atomic mass is 10.2. The predicted octanol–water partition coefficient (Wildman–Crippen LogP) is 3.87. The summed E-state index contributed by atoms with van der Waals surface area (Å²) in [6.45, 7) is 0. The largest absolute Gasteiger partial charge is 0.416 e. The lowest BCUT2D eigenvalue weighted by Crippen LogP contribution is -2.10. The van der Waals surface area contributed by atoms with Gasteiger partial charge < -0.3 is 5.32 Å². The van der Waals surface area contributed by atoms with Crippen molar-refractivity contribution in [1.82, 2.24) is 4.98 Å². The second-order valence-electron chi connectivity index (χ2n) is 4.62. The summed E-state index contributed by atoms with van der Waals surface area (Å²) in [7, 11) is -3.46. The van der Waals surface area contributed by atoms with E-state index in [0.29, 0.717) is 5.69 Å². The first-order valence-corrected chi connectivity index (χ1v) is 8.39. The van der Waals surface area contributed by atoms with Gasteiger partial charge in [-0.05, 0) is 30.3 Å². The summed E-state index contributed by atoms with van der Waals surface area (Å²) < 4.78 is 62.4. The van der Waals surface area contributed by atoms with E-state index in [2.05, 4.69) is 15.0 Å². The molecule has 2 aromatic rings. The second-order valence-corrected chi connectivity index (χ2v) is 6.78. The van der Waals surface area contributed by atoms with Gasteiger partial charge in [0, 0.05) is 0 Å². The number of rotatable bonds is 4. The first-order valence-electron chi connectivity index (χ1n) is 6.12. The van der Waals surface area contributed by atoms with Crippen LogP contribution in [0.2, 0.25) is 5.02 Å². The fraction of sp³-hybridized carbons (Fsp3) is 0.154. The van der Waals surface area contributed by atoms with Crippen molar-refractivity contribution in [3.63, 3.8) is 0 Å². The van der Waals surface area contributed by atoms with Crippen molar-refractivity contribution >= 4 is 38.8 Å². The van der Waals surface area contributed by atoms with Gasteiger partial charge in [0.2, 0.25) is 10.0 Å². The lowest BCUT2D eigenvalue weighted by Gasteiger charge is -2.12. The van der Waals surface area contributed by atoms with Crippen LogP contribution in [0.1, 0.15) is 5.56 Å². The number of alkyl halides is 3. The topological polar surface area (TPSA) is 71.1 Å². The number of aromatic nitrogens is 1. The van der Waals surface area contributed by atoms with Crippen LogP contribution in [0, 0.1) is 0 Å². The highest BCUT2D eigenvalue weighted by molar-refractivity contribution is 7.92. The van der Waals surface area contributed by atoms with Crippen molar-refractivity contribution in [2.75, 3.05) is 16.3 Å². The van der Waals surface area contributed by atoms with Gasteiger partial charge in [0.25, 0.3) is 0 Å². The predicted molar refractivity (Wildman–Crippen MR) is 82.4 cm³/mol. The van der Waals surface area contributed by atoms with Gasteiger partial charge in [-0.1, -0.05) is 11.6 Å². The maximum Gasteiger partial charge on any atom is 0.416 e. The highest BCUT2D eigenvalue weighted by Crippen LogP contribution is 2.34. The Morgan fingerprint density at radius 3 is 2.39 bits per heavy atom. The van der Waals surface area contributed by atoms with Crippen molar-refractivity contribution < 1.29 is 21.6 Å². The molecule has 10 heteroatoms. The molecule has 0 radical (unpaired) electrons. The summed E-state index contributed by atoms with van der Waals surface area (Å²) in [4.78, 5) is 3.84. The van der Waals surface area contributed by atoms with Crippen molar-refractivity contribution in [3.8, 4) is 0 Å². The zero-order valence-electron chi connectivity index (χ0n) is 11.6. The molecule has 0 aliphatic heterocycles. The van der Waals surface area contributed by atoms with Gasteiger partial charge in [0.05, 0.1) is 34.4 Å². The van der Waals surface area contributed by atoms with Gasteiger partial charge in [0.15, 0.2) is 0 Å². The number of anilines is 3. The minimum Gasteiger partial charge on any atom is -0.353 e. The van der Waals surface area contributed by atoms with Crippen LogP contribution in [-0.4, -0.2) is 19.7 Å². The van der Waals surface area contributed by atoms with Crippen molar-refractivity contribution in [3.05, 3.63) is 47.1 Å². The number of sulfonamides is 1. The zero-order valence-corrected chi connectivity index (χ0v) is 13.2. The van der Waals surface area contributed by atoms with E-state index in [9.17, 15) is 21.6 Å². The molecule has 0 saturated heterocycles. The smallest absolute Gasteiger partial charge is 0.353 e. The first-order chi connectivity index (χ1) is 10.5. The Labute approximate surface area is 135 Å². The van der Waals surface area contributed by atoms with E-state index in [1.807, 2.05) is 0 Å². The molecule has 0 unspecified atom stereocenters. The minimum absolute atomic E-state index is 0.0621. The van der Waals surface area contributed by atoms with Gasteiger partial charge in [-0.25, -0.2) is 13.4 Å². The molecule has 0 saturated carbocycles. The third-order valence-electron chi connectivity index (χ3n) is 2.63. The fourth-order valence-electron chi connectivity index (χ4n) is 1.67. The molecule has 0 fully saturated rings. The van der Waals surface area contributed by atoms with Gasteiger partial charge in [-0.2, -0.15) is 13.2 Å². The number of benzene rings is 1. The molecular weight excluding hydrogens is 355 g/mol. The van der Waals surface area contributed by atoms with Gasteiger partial charge in [-0.3, -0.25) is 4.72 Å². The molecule has 1 aromatic heterocycles. The molecule has 124 valence electrons. The molecule has 0 amide bonds. The maximum atomic E-state index is 12.7. The van der Waals surface area contributed by atoms with E-state index < -0.39 is 21.8 Å². The molecule has 0 aliphatic rings. The molecular formula is C13H11ClF3N3O2S. The molecule has 23 heavy (non-hydrogen) atoms. The molecule has 1 heterocycles. The van der Waals surface area contributed by atoms with Crippen LogP contribution >= 0.6 is 11.6 Å². The normalized spacial score (nSPS) is 12.0. The van der Waals surface area contributed by atoms with E-state index in [4.69, 9.17) is 11.6 Å². The minimum atomic E-state index is -4.48. The van der Waals surface area contributed by atoms with E-state index in [1.165, 1.54) is 18.3 Å². The molecule has 0 atom stereocenters. The molecule has 0 bridgehead atoms. The molecule has 1 aromatic carbocycles. The van der Waals surface area contributed by atoms with Crippen LogP contribution in [0.3, 0.4) is 0 Å². The Morgan fingerprint density at radius 2 is 1.87 bits per heavy atom. The second kappa shape index (κ2) is 6.25. The summed E-state index contributed by atoms with van der Waals surface area (Å²) in [5, 5.41) is 2.81. The summed E-state index contributed by atoms with van der Waals surface area (Å²) in [5.74, 6) is 0.0909. The average molecular weight is 366 g/mol. The molecule has 0 spiro atoms. The number of pyridine rings is 1. The number of hydrogen-bond acceptors (Lipinski definition) is 4. The Morgan fingerprint density at radius 1 is 1.17 bits per heavy atom. The number of nitrogens with zero attached hydrogens (tertiary/aromatic N) is 1. The van der Waals surface area contributed by atoms with E-state index in [1.54, 1.807) is 0 Å². The van der Waals surface area contributed by atoms with Crippen LogP contribution in [0.5, 0.6) is 0 Å². The van der Waals surface area contributed by atoms with Crippen LogP contribution in [0.25, 0.3) is 0 Å². The lowest BCUT2D eigenvalue weighted by molar-refractivity contribution is -0.137.